The van der Waals surface area contributed by atoms with Crippen molar-refractivity contribution >= 4 is 23.4 Å². The summed E-state index contributed by atoms with van der Waals surface area (Å²) in [5.74, 6) is 0.821. The Hall–Kier alpha value is -1.74. The number of thioether (sulfide) groups is 1. The first kappa shape index (κ1) is 15.6. The molecule has 0 aromatic heterocycles. The van der Waals surface area contributed by atoms with Gasteiger partial charge in [-0.25, -0.2) is 0 Å². The number of carbonyl (C=O) groups excluding carboxylic acids is 1. The molecule has 0 fully saturated rings. The van der Waals surface area contributed by atoms with E-state index in [2.05, 4.69) is 30.4 Å². The molecule has 0 saturated carbocycles. The molecule has 2 nitrogen and oxygen atoms in total. The quantitative estimate of drug-likeness (QED) is 0.813. The maximum absolute atomic E-state index is 12.2. The Morgan fingerprint density at radius 2 is 1.86 bits per heavy atom. The van der Waals surface area contributed by atoms with Gasteiger partial charge in [-0.3, -0.25) is 4.79 Å². The third-order valence-corrected chi connectivity index (χ3v) is 4.60. The fourth-order valence-electron chi connectivity index (χ4n) is 2.02. The molecule has 0 radical (unpaired) electrons. The fraction of sp³-hybridized carbons (Fsp3) is 0.278. The van der Waals surface area contributed by atoms with Gasteiger partial charge in [0.05, 0.1) is 0 Å². The van der Waals surface area contributed by atoms with Crippen LogP contribution in [-0.4, -0.2) is 11.7 Å². The summed E-state index contributed by atoms with van der Waals surface area (Å²) in [4.78, 5) is 13.4. The number of nitrogens with one attached hydrogen (secondary N) is 1. The normalized spacial score (nSPS) is 12.0. The average molecular weight is 299 g/mol. The van der Waals surface area contributed by atoms with E-state index >= 15 is 0 Å². The van der Waals surface area contributed by atoms with Crippen molar-refractivity contribution in [2.75, 3.05) is 11.1 Å². The maximum Gasteiger partial charge on any atom is 0.228 e. The molecule has 0 heterocycles. The number of amides is 1. The van der Waals surface area contributed by atoms with Gasteiger partial charge in [0.2, 0.25) is 5.91 Å². The van der Waals surface area contributed by atoms with E-state index in [4.69, 9.17) is 0 Å². The van der Waals surface area contributed by atoms with Crippen LogP contribution in [0.2, 0.25) is 0 Å². The topological polar surface area (TPSA) is 29.1 Å². The Balaban J connectivity index is 1.90. The van der Waals surface area contributed by atoms with Crippen molar-refractivity contribution < 1.29 is 4.79 Å². The van der Waals surface area contributed by atoms with Crippen molar-refractivity contribution in [1.29, 1.82) is 0 Å². The van der Waals surface area contributed by atoms with E-state index < -0.39 is 0 Å². The molecule has 0 aliphatic heterocycles. The molecular weight excluding hydrogens is 278 g/mol. The van der Waals surface area contributed by atoms with Crippen molar-refractivity contribution in [2.45, 2.75) is 25.7 Å². The van der Waals surface area contributed by atoms with Gasteiger partial charge in [0.25, 0.3) is 0 Å². The molecule has 1 atom stereocenters. The van der Waals surface area contributed by atoms with E-state index in [1.54, 1.807) is 11.8 Å². The number of hydrogen-bond donors (Lipinski definition) is 1. The van der Waals surface area contributed by atoms with Gasteiger partial charge in [-0.05, 0) is 37.6 Å². The standard InChI is InChI=1S/C18H21NOS/c1-13-9-10-17(14(2)11-13)19-18(20)15(3)12-21-16-7-5-4-6-8-16/h4-11,15H,12H2,1-3H3,(H,19,20). The SMILES string of the molecule is Cc1ccc(NC(=O)C(C)CSc2ccccc2)c(C)c1. The summed E-state index contributed by atoms with van der Waals surface area (Å²) in [6.45, 7) is 6.04. The summed E-state index contributed by atoms with van der Waals surface area (Å²) in [7, 11) is 0. The number of rotatable bonds is 5. The molecule has 2 rings (SSSR count). The second kappa shape index (κ2) is 7.32. The third kappa shape index (κ3) is 4.64. The highest BCUT2D eigenvalue weighted by molar-refractivity contribution is 7.99. The van der Waals surface area contributed by atoms with Crippen LogP contribution in [0.1, 0.15) is 18.1 Å². The van der Waals surface area contributed by atoms with Crippen molar-refractivity contribution in [2.24, 2.45) is 5.92 Å². The second-order valence-electron chi connectivity index (χ2n) is 5.33. The van der Waals surface area contributed by atoms with Gasteiger partial charge in [0.1, 0.15) is 0 Å². The smallest absolute Gasteiger partial charge is 0.228 e. The lowest BCUT2D eigenvalue weighted by molar-refractivity contribution is -0.118. The lowest BCUT2D eigenvalue weighted by Gasteiger charge is -2.14. The fourth-order valence-corrected chi connectivity index (χ4v) is 2.97. The number of carbonyl (C=O) groups is 1. The average Bonchev–Trinajstić information content (AvgIpc) is 2.48. The maximum atomic E-state index is 12.2. The summed E-state index contributed by atoms with van der Waals surface area (Å²) in [6, 6.07) is 16.2. The predicted octanol–water partition coefficient (Wildman–Crippen LogP) is 4.67. The predicted molar refractivity (Wildman–Crippen MR) is 90.9 cm³/mol. The number of hydrogen-bond acceptors (Lipinski definition) is 2. The van der Waals surface area contributed by atoms with Gasteiger partial charge >= 0.3 is 0 Å². The van der Waals surface area contributed by atoms with Crippen molar-refractivity contribution in [3.63, 3.8) is 0 Å². The van der Waals surface area contributed by atoms with Gasteiger partial charge in [0, 0.05) is 22.3 Å². The lowest BCUT2D eigenvalue weighted by atomic mass is 10.1. The van der Waals surface area contributed by atoms with Crippen LogP contribution in [0.25, 0.3) is 0 Å². The Labute approximate surface area is 131 Å². The Kier molecular flexibility index (Phi) is 5.45. The summed E-state index contributed by atoms with van der Waals surface area (Å²) < 4.78 is 0. The highest BCUT2D eigenvalue weighted by Crippen LogP contribution is 2.22. The molecule has 0 aliphatic rings. The molecule has 21 heavy (non-hydrogen) atoms. The van der Waals surface area contributed by atoms with E-state index in [1.165, 1.54) is 10.5 Å². The highest BCUT2D eigenvalue weighted by atomic mass is 32.2. The largest absolute Gasteiger partial charge is 0.326 e. The van der Waals surface area contributed by atoms with Crippen LogP contribution < -0.4 is 5.32 Å². The highest BCUT2D eigenvalue weighted by Gasteiger charge is 2.14. The minimum Gasteiger partial charge on any atom is -0.326 e. The summed E-state index contributed by atoms with van der Waals surface area (Å²) in [5.41, 5.74) is 3.21. The van der Waals surface area contributed by atoms with E-state index in [0.717, 1.165) is 17.0 Å². The molecule has 0 spiro atoms. The Morgan fingerprint density at radius 3 is 2.52 bits per heavy atom. The first-order valence-corrected chi connectivity index (χ1v) is 8.11. The molecule has 1 N–H and O–H groups in total. The van der Waals surface area contributed by atoms with Crippen LogP contribution in [0.3, 0.4) is 0 Å². The van der Waals surface area contributed by atoms with Gasteiger partial charge in [-0.15, -0.1) is 11.8 Å². The lowest BCUT2D eigenvalue weighted by Crippen LogP contribution is -2.22. The van der Waals surface area contributed by atoms with Crippen LogP contribution in [0, 0.1) is 19.8 Å². The minimum atomic E-state index is -0.0316. The van der Waals surface area contributed by atoms with E-state index in [-0.39, 0.29) is 11.8 Å². The van der Waals surface area contributed by atoms with Gasteiger partial charge < -0.3 is 5.32 Å². The zero-order chi connectivity index (χ0) is 15.2. The molecule has 2 aromatic rings. The molecular formula is C18H21NOS. The first-order chi connectivity index (χ1) is 10.1. The van der Waals surface area contributed by atoms with Crippen LogP contribution in [0.15, 0.2) is 53.4 Å². The van der Waals surface area contributed by atoms with Gasteiger partial charge in [-0.2, -0.15) is 0 Å². The van der Waals surface area contributed by atoms with Crippen molar-refractivity contribution in [3.05, 3.63) is 59.7 Å². The second-order valence-corrected chi connectivity index (χ2v) is 6.43. The zero-order valence-corrected chi connectivity index (χ0v) is 13.5. The number of anilines is 1. The Bertz CT molecular complexity index is 610. The zero-order valence-electron chi connectivity index (χ0n) is 12.7. The van der Waals surface area contributed by atoms with E-state index in [0.29, 0.717) is 0 Å². The van der Waals surface area contributed by atoms with E-state index in [1.807, 2.05) is 44.2 Å². The molecule has 2 aromatic carbocycles. The minimum absolute atomic E-state index is 0.0316. The summed E-state index contributed by atoms with van der Waals surface area (Å²) in [5, 5.41) is 3.02. The molecule has 0 bridgehead atoms. The summed E-state index contributed by atoms with van der Waals surface area (Å²) >= 11 is 1.71. The summed E-state index contributed by atoms with van der Waals surface area (Å²) in [6.07, 6.45) is 0. The van der Waals surface area contributed by atoms with Crippen LogP contribution >= 0.6 is 11.8 Å². The molecule has 110 valence electrons. The number of benzene rings is 2. The van der Waals surface area contributed by atoms with Crippen LogP contribution in [0.4, 0.5) is 5.69 Å². The molecule has 3 heteroatoms. The molecule has 1 unspecified atom stereocenters. The van der Waals surface area contributed by atoms with Crippen molar-refractivity contribution in [3.8, 4) is 0 Å². The third-order valence-electron chi connectivity index (χ3n) is 3.33. The van der Waals surface area contributed by atoms with E-state index in [9.17, 15) is 4.79 Å². The molecule has 0 aliphatic carbocycles. The number of aryl methyl sites for hydroxylation is 2. The monoisotopic (exact) mass is 299 g/mol. The first-order valence-electron chi connectivity index (χ1n) is 7.12. The van der Waals surface area contributed by atoms with Crippen LogP contribution in [0.5, 0.6) is 0 Å². The van der Waals surface area contributed by atoms with Crippen molar-refractivity contribution in [1.82, 2.24) is 0 Å². The van der Waals surface area contributed by atoms with Gasteiger partial charge in [0.15, 0.2) is 0 Å². The van der Waals surface area contributed by atoms with Gasteiger partial charge in [-0.1, -0.05) is 42.8 Å². The molecule has 0 saturated heterocycles. The molecule has 1 amide bonds. The van der Waals surface area contributed by atoms with Crippen LogP contribution in [-0.2, 0) is 4.79 Å². The Morgan fingerprint density at radius 1 is 1.14 bits per heavy atom.